The summed E-state index contributed by atoms with van der Waals surface area (Å²) in [6.45, 7) is 0.348. The second-order valence-electron chi connectivity index (χ2n) is 8.09. The molecule has 0 amide bonds. The second kappa shape index (κ2) is 10.5. The van der Waals surface area contributed by atoms with Gasteiger partial charge >= 0.3 is 5.97 Å². The Balaban J connectivity index is 1.37. The maximum atomic E-state index is 12.5. The van der Waals surface area contributed by atoms with Gasteiger partial charge in [0.05, 0.1) is 12.1 Å². The Kier molecular flexibility index (Phi) is 6.83. The molecule has 0 saturated heterocycles. The van der Waals surface area contributed by atoms with Gasteiger partial charge in [-0.2, -0.15) is 0 Å². The molecule has 0 fully saturated rings. The summed E-state index contributed by atoms with van der Waals surface area (Å²) in [7, 11) is 1.54. The maximum Gasteiger partial charge on any atom is 0.363 e. The summed E-state index contributed by atoms with van der Waals surface area (Å²) in [5, 5.41) is 0.365. The number of carbonyl (C=O) groups is 1. The molecule has 36 heavy (non-hydrogen) atoms. The number of halogens is 1. The van der Waals surface area contributed by atoms with Gasteiger partial charge in [0.1, 0.15) is 6.61 Å². The number of hydrogen-bond acceptors (Lipinski definition) is 5. The first-order valence-corrected chi connectivity index (χ1v) is 11.7. The van der Waals surface area contributed by atoms with Crippen molar-refractivity contribution in [1.29, 1.82) is 0 Å². The third-order valence-corrected chi connectivity index (χ3v) is 5.92. The van der Waals surface area contributed by atoms with Gasteiger partial charge in [0.25, 0.3) is 0 Å². The molecule has 178 valence electrons. The summed E-state index contributed by atoms with van der Waals surface area (Å²) in [6, 6.07) is 31.0. The van der Waals surface area contributed by atoms with Gasteiger partial charge in [-0.3, -0.25) is 0 Å². The Morgan fingerprint density at radius 2 is 1.50 bits per heavy atom. The molecule has 0 atom stereocenters. The molecule has 1 aliphatic heterocycles. The van der Waals surface area contributed by atoms with Crippen molar-refractivity contribution in [3.8, 4) is 22.6 Å². The minimum atomic E-state index is -0.531. The van der Waals surface area contributed by atoms with E-state index < -0.39 is 5.97 Å². The highest BCUT2D eigenvalue weighted by molar-refractivity contribution is 6.32. The quantitative estimate of drug-likeness (QED) is 0.206. The number of ether oxygens (including phenoxy) is 3. The van der Waals surface area contributed by atoms with Gasteiger partial charge in [-0.1, -0.05) is 84.4 Å². The minimum absolute atomic E-state index is 0.174. The molecule has 1 heterocycles. The molecule has 5 nitrogen and oxygen atoms in total. The number of methoxy groups -OCH3 is 1. The number of carbonyl (C=O) groups excluding carboxylic acids is 1. The highest BCUT2D eigenvalue weighted by Crippen LogP contribution is 2.38. The van der Waals surface area contributed by atoms with Crippen LogP contribution in [0.3, 0.4) is 0 Å². The van der Waals surface area contributed by atoms with Gasteiger partial charge in [0, 0.05) is 5.56 Å². The van der Waals surface area contributed by atoms with Crippen LogP contribution in [0.4, 0.5) is 0 Å². The van der Waals surface area contributed by atoms with Crippen LogP contribution in [0, 0.1) is 0 Å². The fourth-order valence-electron chi connectivity index (χ4n) is 3.82. The zero-order chi connectivity index (χ0) is 24.9. The Morgan fingerprint density at radius 3 is 2.19 bits per heavy atom. The van der Waals surface area contributed by atoms with Crippen LogP contribution in [-0.4, -0.2) is 19.0 Å². The molecule has 4 aromatic carbocycles. The van der Waals surface area contributed by atoms with Gasteiger partial charge < -0.3 is 14.2 Å². The molecule has 0 bridgehead atoms. The number of hydrogen-bond donors (Lipinski definition) is 0. The van der Waals surface area contributed by atoms with Crippen LogP contribution in [0.1, 0.15) is 16.7 Å². The summed E-state index contributed by atoms with van der Waals surface area (Å²) < 4.78 is 16.8. The van der Waals surface area contributed by atoms with E-state index in [0.717, 1.165) is 16.7 Å². The van der Waals surface area contributed by atoms with Crippen LogP contribution in [0.2, 0.25) is 5.02 Å². The summed E-state index contributed by atoms with van der Waals surface area (Å²) in [6.07, 6.45) is 1.61. The molecule has 0 N–H and O–H groups in total. The summed E-state index contributed by atoms with van der Waals surface area (Å²) >= 11 is 6.51. The van der Waals surface area contributed by atoms with Crippen molar-refractivity contribution in [1.82, 2.24) is 0 Å². The van der Waals surface area contributed by atoms with Crippen LogP contribution >= 0.6 is 11.6 Å². The van der Waals surface area contributed by atoms with E-state index in [2.05, 4.69) is 4.99 Å². The third-order valence-electron chi connectivity index (χ3n) is 5.64. The second-order valence-corrected chi connectivity index (χ2v) is 8.50. The van der Waals surface area contributed by atoms with E-state index in [-0.39, 0.29) is 11.6 Å². The molecule has 4 aromatic rings. The van der Waals surface area contributed by atoms with Gasteiger partial charge in [-0.15, -0.1) is 0 Å². The van der Waals surface area contributed by atoms with E-state index in [1.165, 1.54) is 7.11 Å². The van der Waals surface area contributed by atoms with E-state index in [4.69, 9.17) is 25.8 Å². The lowest BCUT2D eigenvalue weighted by molar-refractivity contribution is -0.129. The molecule has 1 aliphatic rings. The van der Waals surface area contributed by atoms with E-state index in [1.807, 2.05) is 84.9 Å². The normalized spacial score (nSPS) is 13.9. The van der Waals surface area contributed by atoms with Crippen LogP contribution in [0.5, 0.6) is 11.5 Å². The van der Waals surface area contributed by atoms with Gasteiger partial charge in [-0.25, -0.2) is 9.79 Å². The monoisotopic (exact) mass is 495 g/mol. The highest BCUT2D eigenvalue weighted by Gasteiger charge is 2.24. The predicted octanol–water partition coefficient (Wildman–Crippen LogP) is 6.94. The fourth-order valence-corrected chi connectivity index (χ4v) is 4.09. The number of aliphatic imine (C=N–C) groups is 1. The largest absolute Gasteiger partial charge is 0.493 e. The molecule has 0 spiro atoms. The lowest BCUT2D eigenvalue weighted by atomic mass is 10.0. The van der Waals surface area contributed by atoms with E-state index >= 15 is 0 Å². The summed E-state index contributed by atoms with van der Waals surface area (Å²) in [5.41, 5.74) is 4.71. The molecule has 6 heteroatoms. The number of benzene rings is 4. The Bertz CT molecular complexity index is 1450. The fraction of sp³-hybridized carbons (Fsp3) is 0.0667. The molecule has 0 radical (unpaired) electrons. The average molecular weight is 496 g/mol. The van der Waals surface area contributed by atoms with Crippen LogP contribution < -0.4 is 9.47 Å². The third kappa shape index (κ3) is 5.16. The minimum Gasteiger partial charge on any atom is -0.493 e. The Hall–Kier alpha value is -4.35. The first-order valence-electron chi connectivity index (χ1n) is 11.3. The van der Waals surface area contributed by atoms with Crippen LogP contribution in [0.15, 0.2) is 108 Å². The van der Waals surface area contributed by atoms with Gasteiger partial charge in [0.15, 0.2) is 17.2 Å². The Labute approximate surface area is 214 Å². The molecular weight excluding hydrogens is 474 g/mol. The van der Waals surface area contributed by atoms with E-state index in [9.17, 15) is 4.79 Å². The van der Waals surface area contributed by atoms with Crippen molar-refractivity contribution in [2.24, 2.45) is 4.99 Å². The van der Waals surface area contributed by atoms with Crippen molar-refractivity contribution in [3.05, 3.63) is 124 Å². The van der Waals surface area contributed by atoms with Crippen molar-refractivity contribution in [3.63, 3.8) is 0 Å². The standard InChI is InChI=1S/C30H22ClNO4/c1-34-27-18-21(16-25(31)28(27)35-19-20-8-4-2-5-9-20)17-26-30(33)36-29(32-26)24-14-12-23(13-15-24)22-10-6-3-7-11-22/h2-18H,19H2,1H3/b26-17-. The smallest absolute Gasteiger partial charge is 0.363 e. The average Bonchev–Trinajstić information content (AvgIpc) is 3.28. The number of esters is 1. The molecular formula is C30H22ClNO4. The number of rotatable bonds is 7. The molecule has 5 rings (SSSR count). The number of nitrogens with zero attached hydrogens (tertiary/aromatic N) is 1. The van der Waals surface area contributed by atoms with Crippen LogP contribution in [-0.2, 0) is 16.1 Å². The molecule has 0 saturated carbocycles. The summed E-state index contributed by atoms with van der Waals surface area (Å²) in [5.74, 6) is 0.614. The first-order chi connectivity index (χ1) is 17.6. The number of cyclic esters (lactones) is 1. The molecule has 0 aliphatic carbocycles. The Morgan fingerprint density at radius 1 is 0.861 bits per heavy atom. The zero-order valence-electron chi connectivity index (χ0n) is 19.5. The first kappa shape index (κ1) is 23.4. The highest BCUT2D eigenvalue weighted by atomic mass is 35.5. The van der Waals surface area contributed by atoms with E-state index in [0.29, 0.717) is 34.3 Å². The van der Waals surface area contributed by atoms with Gasteiger partial charge in [0.2, 0.25) is 5.90 Å². The van der Waals surface area contributed by atoms with Gasteiger partial charge in [-0.05, 0) is 52.6 Å². The van der Waals surface area contributed by atoms with Crippen molar-refractivity contribution >= 4 is 29.5 Å². The molecule has 0 aromatic heterocycles. The zero-order valence-corrected chi connectivity index (χ0v) is 20.2. The topological polar surface area (TPSA) is 57.1 Å². The molecule has 0 unspecified atom stereocenters. The SMILES string of the molecule is COc1cc(/C=C2\N=C(c3ccc(-c4ccccc4)cc3)OC2=O)cc(Cl)c1OCc1ccccc1. The van der Waals surface area contributed by atoms with Crippen LogP contribution in [0.25, 0.3) is 17.2 Å². The van der Waals surface area contributed by atoms with Crippen molar-refractivity contribution in [2.75, 3.05) is 7.11 Å². The van der Waals surface area contributed by atoms with Crippen molar-refractivity contribution < 1.29 is 19.0 Å². The summed E-state index contributed by atoms with van der Waals surface area (Å²) in [4.78, 5) is 16.9. The van der Waals surface area contributed by atoms with E-state index in [1.54, 1.807) is 18.2 Å². The lowest BCUT2D eigenvalue weighted by Gasteiger charge is -2.13. The maximum absolute atomic E-state index is 12.5. The van der Waals surface area contributed by atoms with Crippen molar-refractivity contribution in [2.45, 2.75) is 6.61 Å². The predicted molar refractivity (Wildman–Crippen MR) is 141 cm³/mol. The lowest BCUT2D eigenvalue weighted by Crippen LogP contribution is -2.05.